The maximum absolute atomic E-state index is 12.2. The molecule has 0 aromatic heterocycles. The highest BCUT2D eigenvalue weighted by Crippen LogP contribution is 2.12. The number of hydrogen-bond acceptors (Lipinski definition) is 4. The first-order valence-electron chi connectivity index (χ1n) is 11.0. The lowest BCUT2D eigenvalue weighted by molar-refractivity contribution is 0.0496. The standard InChI is InChI=1S/C24H38O4/c1-4-5-6-8-11-17-27-23(25)21-15-13-16-22(19-21)24(26)28-18-12-9-7-10-14-20(2)3/h13,15-16,19-20H,4-12,14,17-18H2,1-3H3. The summed E-state index contributed by atoms with van der Waals surface area (Å²) in [6, 6.07) is 6.60. The molecule has 28 heavy (non-hydrogen) atoms. The van der Waals surface area contributed by atoms with Gasteiger partial charge in [0.15, 0.2) is 0 Å². The van der Waals surface area contributed by atoms with Gasteiger partial charge in [-0.1, -0.05) is 78.2 Å². The maximum Gasteiger partial charge on any atom is 0.338 e. The third-order valence-corrected chi connectivity index (χ3v) is 4.72. The third kappa shape index (κ3) is 11.1. The summed E-state index contributed by atoms with van der Waals surface area (Å²) < 4.78 is 10.6. The van der Waals surface area contributed by atoms with Crippen molar-refractivity contribution < 1.29 is 19.1 Å². The molecule has 0 saturated heterocycles. The Kier molecular flexibility index (Phi) is 13.1. The molecule has 1 rings (SSSR count). The summed E-state index contributed by atoms with van der Waals surface area (Å²) in [7, 11) is 0. The van der Waals surface area contributed by atoms with Gasteiger partial charge in [0.05, 0.1) is 24.3 Å². The van der Waals surface area contributed by atoms with Crippen molar-refractivity contribution in [2.24, 2.45) is 5.92 Å². The van der Waals surface area contributed by atoms with Crippen molar-refractivity contribution in [1.82, 2.24) is 0 Å². The molecule has 0 aliphatic heterocycles. The molecule has 1 aromatic rings. The normalized spacial score (nSPS) is 10.9. The van der Waals surface area contributed by atoms with E-state index in [0.29, 0.717) is 24.3 Å². The van der Waals surface area contributed by atoms with E-state index in [0.717, 1.165) is 31.6 Å². The van der Waals surface area contributed by atoms with Gasteiger partial charge in [0, 0.05) is 0 Å². The summed E-state index contributed by atoms with van der Waals surface area (Å²) in [6.45, 7) is 7.49. The highest BCUT2D eigenvalue weighted by atomic mass is 16.5. The monoisotopic (exact) mass is 390 g/mol. The van der Waals surface area contributed by atoms with Crippen molar-refractivity contribution in [3.8, 4) is 0 Å². The van der Waals surface area contributed by atoms with Crippen LogP contribution in [0.5, 0.6) is 0 Å². The smallest absolute Gasteiger partial charge is 0.338 e. The van der Waals surface area contributed by atoms with Gasteiger partial charge >= 0.3 is 11.9 Å². The summed E-state index contributed by atoms with van der Waals surface area (Å²) in [5, 5.41) is 0. The van der Waals surface area contributed by atoms with E-state index in [2.05, 4.69) is 20.8 Å². The lowest BCUT2D eigenvalue weighted by Crippen LogP contribution is -2.10. The largest absolute Gasteiger partial charge is 0.462 e. The zero-order valence-corrected chi connectivity index (χ0v) is 18.0. The van der Waals surface area contributed by atoms with Gasteiger partial charge in [-0.3, -0.25) is 0 Å². The van der Waals surface area contributed by atoms with E-state index < -0.39 is 0 Å². The Balaban J connectivity index is 2.28. The molecule has 4 nitrogen and oxygen atoms in total. The molecule has 1 aromatic carbocycles. The molecular formula is C24H38O4. The highest BCUT2D eigenvalue weighted by Gasteiger charge is 2.12. The van der Waals surface area contributed by atoms with Crippen LogP contribution in [0.4, 0.5) is 0 Å². The van der Waals surface area contributed by atoms with Gasteiger partial charge in [-0.25, -0.2) is 9.59 Å². The quantitative estimate of drug-likeness (QED) is 0.251. The molecule has 0 aliphatic rings. The summed E-state index contributed by atoms with van der Waals surface area (Å²) in [5.74, 6) is -0.00968. The Bertz CT molecular complexity index is 565. The molecule has 0 atom stereocenters. The molecule has 4 heteroatoms. The molecule has 0 heterocycles. The maximum atomic E-state index is 12.2. The number of benzene rings is 1. The SMILES string of the molecule is CCCCCCCOC(=O)c1cccc(C(=O)OCCCCCCC(C)C)c1. The molecule has 0 unspecified atom stereocenters. The third-order valence-electron chi connectivity index (χ3n) is 4.72. The van der Waals surface area contributed by atoms with Gasteiger partial charge in [0.1, 0.15) is 0 Å². The Morgan fingerprint density at radius 3 is 1.79 bits per heavy atom. The minimum Gasteiger partial charge on any atom is -0.462 e. The molecular weight excluding hydrogens is 352 g/mol. The molecule has 0 amide bonds. The number of hydrogen-bond donors (Lipinski definition) is 0. The average Bonchev–Trinajstić information content (AvgIpc) is 2.69. The van der Waals surface area contributed by atoms with Crippen LogP contribution < -0.4 is 0 Å². The Morgan fingerprint density at radius 2 is 1.29 bits per heavy atom. The van der Waals surface area contributed by atoms with Crippen molar-refractivity contribution in [3.05, 3.63) is 35.4 Å². The Hall–Kier alpha value is -1.84. The van der Waals surface area contributed by atoms with Crippen LogP contribution in [0.25, 0.3) is 0 Å². The van der Waals surface area contributed by atoms with Crippen LogP contribution in [-0.4, -0.2) is 25.2 Å². The first kappa shape index (κ1) is 24.2. The van der Waals surface area contributed by atoms with Crippen LogP contribution in [0.3, 0.4) is 0 Å². The fourth-order valence-electron chi connectivity index (χ4n) is 2.98. The summed E-state index contributed by atoms with van der Waals surface area (Å²) in [4.78, 5) is 24.3. The van der Waals surface area contributed by atoms with E-state index in [1.54, 1.807) is 24.3 Å². The fraction of sp³-hybridized carbons (Fsp3) is 0.667. The van der Waals surface area contributed by atoms with Crippen LogP contribution in [0.15, 0.2) is 24.3 Å². The van der Waals surface area contributed by atoms with Gasteiger partial charge in [0.2, 0.25) is 0 Å². The van der Waals surface area contributed by atoms with Crippen molar-refractivity contribution in [3.63, 3.8) is 0 Å². The number of ether oxygens (including phenoxy) is 2. The topological polar surface area (TPSA) is 52.6 Å². The zero-order valence-electron chi connectivity index (χ0n) is 18.0. The number of carbonyl (C=O) groups is 2. The number of unbranched alkanes of at least 4 members (excludes halogenated alkanes) is 7. The Morgan fingerprint density at radius 1 is 0.786 bits per heavy atom. The molecule has 0 bridgehead atoms. The number of carbonyl (C=O) groups excluding carboxylic acids is 2. The predicted molar refractivity (Wildman–Crippen MR) is 114 cm³/mol. The van der Waals surface area contributed by atoms with Gasteiger partial charge in [0.25, 0.3) is 0 Å². The molecule has 0 aliphatic carbocycles. The van der Waals surface area contributed by atoms with Crippen LogP contribution >= 0.6 is 0 Å². The van der Waals surface area contributed by atoms with E-state index in [-0.39, 0.29) is 11.9 Å². The molecule has 0 fully saturated rings. The van der Waals surface area contributed by atoms with E-state index in [9.17, 15) is 9.59 Å². The van der Waals surface area contributed by atoms with Gasteiger partial charge in [-0.15, -0.1) is 0 Å². The summed E-state index contributed by atoms with van der Waals surface area (Å²) >= 11 is 0. The van der Waals surface area contributed by atoms with Crippen LogP contribution in [0, 0.1) is 5.92 Å². The van der Waals surface area contributed by atoms with Gasteiger partial charge in [-0.2, -0.15) is 0 Å². The van der Waals surface area contributed by atoms with Crippen molar-refractivity contribution in [2.45, 2.75) is 85.0 Å². The van der Waals surface area contributed by atoms with Gasteiger partial charge in [-0.05, 0) is 37.0 Å². The molecule has 0 saturated carbocycles. The van der Waals surface area contributed by atoms with Crippen LogP contribution in [0.2, 0.25) is 0 Å². The van der Waals surface area contributed by atoms with Crippen LogP contribution in [-0.2, 0) is 9.47 Å². The van der Waals surface area contributed by atoms with E-state index in [1.807, 2.05) is 0 Å². The molecule has 0 N–H and O–H groups in total. The van der Waals surface area contributed by atoms with E-state index >= 15 is 0 Å². The Labute approximate surface area is 171 Å². The van der Waals surface area contributed by atoms with Crippen molar-refractivity contribution in [1.29, 1.82) is 0 Å². The predicted octanol–water partition coefficient (Wildman–Crippen LogP) is 6.58. The fourth-order valence-corrected chi connectivity index (χ4v) is 2.98. The average molecular weight is 391 g/mol. The minimum absolute atomic E-state index is 0.378. The molecule has 158 valence electrons. The minimum atomic E-state index is -0.379. The van der Waals surface area contributed by atoms with Crippen molar-refractivity contribution >= 4 is 11.9 Å². The lowest BCUT2D eigenvalue weighted by atomic mass is 10.0. The number of rotatable bonds is 15. The van der Waals surface area contributed by atoms with E-state index in [4.69, 9.17) is 9.47 Å². The first-order valence-corrected chi connectivity index (χ1v) is 11.0. The second kappa shape index (κ2) is 15.1. The summed E-state index contributed by atoms with van der Waals surface area (Å²) in [6.07, 6.45) is 11.2. The van der Waals surface area contributed by atoms with E-state index in [1.165, 1.54) is 38.5 Å². The molecule has 0 spiro atoms. The zero-order chi connectivity index (χ0) is 20.6. The number of esters is 2. The second-order valence-corrected chi connectivity index (χ2v) is 7.86. The first-order chi connectivity index (χ1) is 13.5. The second-order valence-electron chi connectivity index (χ2n) is 7.86. The lowest BCUT2D eigenvalue weighted by Gasteiger charge is -2.08. The molecule has 0 radical (unpaired) electrons. The summed E-state index contributed by atoms with van der Waals surface area (Å²) in [5.41, 5.74) is 0.800. The van der Waals surface area contributed by atoms with Crippen LogP contribution in [0.1, 0.15) is 106 Å². The van der Waals surface area contributed by atoms with Gasteiger partial charge < -0.3 is 9.47 Å². The highest BCUT2D eigenvalue weighted by molar-refractivity contribution is 5.95. The van der Waals surface area contributed by atoms with Crippen molar-refractivity contribution in [2.75, 3.05) is 13.2 Å².